The van der Waals surface area contributed by atoms with Gasteiger partial charge in [0.05, 0.1) is 37.9 Å². The van der Waals surface area contributed by atoms with Crippen molar-refractivity contribution in [2.75, 3.05) is 18.0 Å². The molecule has 1 aromatic heterocycles. The minimum absolute atomic E-state index is 0.0459. The molecule has 1 aliphatic rings. The highest BCUT2D eigenvalue weighted by Crippen LogP contribution is 2.28. The van der Waals surface area contributed by atoms with Crippen molar-refractivity contribution in [2.45, 2.75) is 19.6 Å². The molecule has 0 bridgehead atoms. The van der Waals surface area contributed by atoms with E-state index < -0.39 is 0 Å². The molecule has 120 valence electrons. The van der Waals surface area contributed by atoms with Gasteiger partial charge in [-0.15, -0.1) is 0 Å². The number of halogens is 1. The quantitative estimate of drug-likeness (QED) is 0.679. The van der Waals surface area contributed by atoms with Gasteiger partial charge in [-0.3, -0.25) is 9.98 Å². The van der Waals surface area contributed by atoms with Gasteiger partial charge < -0.3 is 15.4 Å². The van der Waals surface area contributed by atoms with Crippen LogP contribution in [0.15, 0.2) is 41.5 Å². The molecule has 0 amide bonds. The lowest BCUT2D eigenvalue weighted by Gasteiger charge is -2.40. The average Bonchev–Trinajstić information content (AvgIpc) is 2.52. The SMILES string of the molecule is Cc1ccc(OC2CN(c3cccc(CN=CN)c3F)C2)cn1. The molecule has 1 aromatic carbocycles. The number of ether oxygens (including phenoxy) is 1. The predicted octanol–water partition coefficient (Wildman–Crippen LogP) is 2.28. The van der Waals surface area contributed by atoms with Crippen LogP contribution in [0.25, 0.3) is 0 Å². The van der Waals surface area contributed by atoms with Gasteiger partial charge in [-0.05, 0) is 25.1 Å². The lowest BCUT2D eigenvalue weighted by Crippen LogP contribution is -2.54. The third kappa shape index (κ3) is 3.41. The first-order valence-corrected chi connectivity index (χ1v) is 7.49. The van der Waals surface area contributed by atoms with E-state index in [1.807, 2.05) is 30.0 Å². The smallest absolute Gasteiger partial charge is 0.151 e. The molecule has 2 heterocycles. The fraction of sp³-hybridized carbons (Fsp3) is 0.294. The number of anilines is 1. The van der Waals surface area contributed by atoms with Crippen LogP contribution >= 0.6 is 0 Å². The normalized spacial score (nSPS) is 15.0. The Morgan fingerprint density at radius 1 is 1.39 bits per heavy atom. The van der Waals surface area contributed by atoms with E-state index in [-0.39, 0.29) is 18.5 Å². The lowest BCUT2D eigenvalue weighted by molar-refractivity contribution is 0.166. The van der Waals surface area contributed by atoms with Crippen molar-refractivity contribution in [1.29, 1.82) is 0 Å². The Balaban J connectivity index is 1.61. The third-order valence-corrected chi connectivity index (χ3v) is 3.80. The van der Waals surface area contributed by atoms with Gasteiger partial charge in [0.15, 0.2) is 5.82 Å². The summed E-state index contributed by atoms with van der Waals surface area (Å²) in [4.78, 5) is 10.0. The number of aliphatic imine (C=N–C) groups is 1. The van der Waals surface area contributed by atoms with Crippen molar-refractivity contribution in [3.8, 4) is 5.75 Å². The number of nitrogens with zero attached hydrogens (tertiary/aromatic N) is 3. The van der Waals surface area contributed by atoms with E-state index in [1.54, 1.807) is 18.3 Å². The predicted molar refractivity (Wildman–Crippen MR) is 88.4 cm³/mol. The van der Waals surface area contributed by atoms with Crippen molar-refractivity contribution >= 4 is 12.0 Å². The Labute approximate surface area is 134 Å². The highest BCUT2D eigenvalue weighted by molar-refractivity contribution is 5.54. The fourth-order valence-corrected chi connectivity index (χ4v) is 2.51. The topological polar surface area (TPSA) is 63.7 Å². The number of aromatic nitrogens is 1. The molecule has 1 aliphatic heterocycles. The molecule has 3 rings (SSSR count). The van der Waals surface area contributed by atoms with Gasteiger partial charge >= 0.3 is 0 Å². The van der Waals surface area contributed by atoms with Gasteiger partial charge in [-0.2, -0.15) is 0 Å². The van der Waals surface area contributed by atoms with Crippen LogP contribution in [0, 0.1) is 12.7 Å². The molecule has 6 heteroatoms. The number of hydrogen-bond donors (Lipinski definition) is 1. The van der Waals surface area contributed by atoms with E-state index in [1.165, 1.54) is 6.34 Å². The summed E-state index contributed by atoms with van der Waals surface area (Å²) in [5, 5.41) is 0. The summed E-state index contributed by atoms with van der Waals surface area (Å²) in [6.45, 7) is 3.47. The van der Waals surface area contributed by atoms with Crippen LogP contribution in [0.5, 0.6) is 5.75 Å². The maximum atomic E-state index is 14.5. The zero-order valence-corrected chi connectivity index (χ0v) is 12.9. The maximum Gasteiger partial charge on any atom is 0.151 e. The number of pyridine rings is 1. The first-order chi connectivity index (χ1) is 11.2. The van der Waals surface area contributed by atoms with E-state index >= 15 is 0 Å². The Morgan fingerprint density at radius 2 is 2.22 bits per heavy atom. The van der Waals surface area contributed by atoms with Crippen LogP contribution in [0.2, 0.25) is 0 Å². The highest BCUT2D eigenvalue weighted by atomic mass is 19.1. The number of hydrogen-bond acceptors (Lipinski definition) is 4. The number of benzene rings is 1. The van der Waals surface area contributed by atoms with Crippen molar-refractivity contribution in [3.05, 3.63) is 53.6 Å². The second-order valence-electron chi connectivity index (χ2n) is 5.52. The van der Waals surface area contributed by atoms with Gasteiger partial charge in [-0.1, -0.05) is 12.1 Å². The minimum atomic E-state index is -0.242. The van der Waals surface area contributed by atoms with Gasteiger partial charge in [0.25, 0.3) is 0 Å². The molecule has 1 saturated heterocycles. The maximum absolute atomic E-state index is 14.5. The molecule has 0 unspecified atom stereocenters. The largest absolute Gasteiger partial charge is 0.485 e. The molecular formula is C17H19FN4O. The van der Waals surface area contributed by atoms with Gasteiger partial charge in [0, 0.05) is 11.3 Å². The van der Waals surface area contributed by atoms with Crippen LogP contribution in [-0.2, 0) is 6.54 Å². The standard InChI is InChI=1S/C17H19FN4O/c1-12-5-6-14(8-21-12)23-15-9-22(10-15)16-4-2-3-13(17(16)18)7-20-11-19/h2-6,8,11,15H,7,9-10H2,1H3,(H2,19,20). The molecule has 23 heavy (non-hydrogen) atoms. The van der Waals surface area contributed by atoms with Crippen LogP contribution in [-0.4, -0.2) is 30.5 Å². The van der Waals surface area contributed by atoms with Crippen LogP contribution < -0.4 is 15.4 Å². The van der Waals surface area contributed by atoms with E-state index in [0.717, 1.165) is 11.4 Å². The average molecular weight is 314 g/mol. The lowest BCUT2D eigenvalue weighted by atomic mass is 10.1. The van der Waals surface area contributed by atoms with Gasteiger partial charge in [-0.25, -0.2) is 4.39 Å². The van der Waals surface area contributed by atoms with Gasteiger partial charge in [0.1, 0.15) is 11.9 Å². The Hall–Kier alpha value is -2.63. The fourth-order valence-electron chi connectivity index (χ4n) is 2.51. The number of rotatable bonds is 5. The zero-order valence-electron chi connectivity index (χ0n) is 12.9. The van der Waals surface area contributed by atoms with Crippen LogP contribution in [0.4, 0.5) is 10.1 Å². The van der Waals surface area contributed by atoms with Crippen LogP contribution in [0.3, 0.4) is 0 Å². The monoisotopic (exact) mass is 314 g/mol. The van der Waals surface area contributed by atoms with E-state index in [4.69, 9.17) is 10.5 Å². The Kier molecular flexibility index (Phi) is 4.41. The Bertz CT molecular complexity index is 696. The summed E-state index contributed by atoms with van der Waals surface area (Å²) < 4.78 is 20.3. The third-order valence-electron chi connectivity index (χ3n) is 3.80. The number of aryl methyl sites for hydroxylation is 1. The van der Waals surface area contributed by atoms with Crippen LogP contribution in [0.1, 0.15) is 11.3 Å². The highest BCUT2D eigenvalue weighted by Gasteiger charge is 2.30. The summed E-state index contributed by atoms with van der Waals surface area (Å²) in [5.74, 6) is 0.500. The zero-order chi connectivity index (χ0) is 16.2. The summed E-state index contributed by atoms with van der Waals surface area (Å²) in [6.07, 6.45) is 2.95. The summed E-state index contributed by atoms with van der Waals surface area (Å²) in [5.41, 5.74) is 7.29. The van der Waals surface area contributed by atoms with Crippen molar-refractivity contribution < 1.29 is 9.13 Å². The van der Waals surface area contributed by atoms with E-state index in [0.29, 0.717) is 24.3 Å². The second-order valence-corrected chi connectivity index (χ2v) is 5.52. The summed E-state index contributed by atoms with van der Waals surface area (Å²) in [6, 6.07) is 9.13. The molecule has 0 aliphatic carbocycles. The first-order valence-electron chi connectivity index (χ1n) is 7.49. The van der Waals surface area contributed by atoms with Crippen molar-refractivity contribution in [3.63, 3.8) is 0 Å². The van der Waals surface area contributed by atoms with Crippen molar-refractivity contribution in [1.82, 2.24) is 4.98 Å². The second kappa shape index (κ2) is 6.64. The van der Waals surface area contributed by atoms with E-state index in [9.17, 15) is 4.39 Å². The van der Waals surface area contributed by atoms with E-state index in [2.05, 4.69) is 9.98 Å². The number of nitrogens with two attached hydrogens (primary N) is 1. The first kappa shape index (κ1) is 15.3. The molecule has 2 aromatic rings. The molecule has 0 spiro atoms. The minimum Gasteiger partial charge on any atom is -0.485 e. The molecule has 0 radical (unpaired) electrons. The molecule has 0 atom stereocenters. The van der Waals surface area contributed by atoms with Crippen molar-refractivity contribution in [2.24, 2.45) is 10.7 Å². The molecule has 2 N–H and O–H groups in total. The molecule has 1 fully saturated rings. The molecule has 5 nitrogen and oxygen atoms in total. The summed E-state index contributed by atoms with van der Waals surface area (Å²) in [7, 11) is 0. The molecular weight excluding hydrogens is 295 g/mol. The summed E-state index contributed by atoms with van der Waals surface area (Å²) >= 11 is 0. The van der Waals surface area contributed by atoms with Gasteiger partial charge in [0.2, 0.25) is 0 Å². The Morgan fingerprint density at radius 3 is 2.91 bits per heavy atom. The molecule has 0 saturated carbocycles.